The van der Waals surface area contributed by atoms with Crippen molar-refractivity contribution in [2.45, 2.75) is 37.8 Å². The van der Waals surface area contributed by atoms with E-state index in [-0.39, 0.29) is 12.4 Å². The first kappa shape index (κ1) is 18.9. The molecular weight excluding hydrogens is 251 g/mol. The van der Waals surface area contributed by atoms with E-state index in [1.165, 1.54) is 10.6 Å². The fourth-order valence-corrected chi connectivity index (χ4v) is 1.90. The summed E-state index contributed by atoms with van der Waals surface area (Å²) in [6, 6.07) is 7.05. The second-order valence-corrected chi connectivity index (χ2v) is 5.63. The highest BCUT2D eigenvalue weighted by Crippen LogP contribution is 2.08. The second kappa shape index (κ2) is 12.0. The van der Waals surface area contributed by atoms with Crippen LogP contribution in [-0.4, -0.2) is 26.3 Å². The van der Waals surface area contributed by atoms with E-state index < -0.39 is 5.97 Å². The molecule has 0 bridgehead atoms. The highest BCUT2D eigenvalue weighted by molar-refractivity contribution is 6.34. The Morgan fingerprint density at radius 2 is 1.71 bits per heavy atom. The zero-order valence-electron chi connectivity index (χ0n) is 10.8. The van der Waals surface area contributed by atoms with Crippen LogP contribution in [0.5, 0.6) is 0 Å². The van der Waals surface area contributed by atoms with Crippen molar-refractivity contribution in [2.24, 2.45) is 0 Å². The summed E-state index contributed by atoms with van der Waals surface area (Å²) in [5.41, 5.74) is 1.30. The van der Waals surface area contributed by atoms with E-state index in [1.54, 1.807) is 12.1 Å². The molecule has 1 N–H and O–H groups in total. The van der Waals surface area contributed by atoms with E-state index in [0.29, 0.717) is 5.56 Å². The van der Waals surface area contributed by atoms with E-state index in [1.807, 2.05) is 19.1 Å². The van der Waals surface area contributed by atoms with Crippen molar-refractivity contribution in [3.8, 4) is 0 Å². The minimum absolute atomic E-state index is 0. The van der Waals surface area contributed by atoms with Gasteiger partial charge in [0.05, 0.1) is 5.56 Å². The molecule has 0 aliphatic heterocycles. The van der Waals surface area contributed by atoms with Gasteiger partial charge in [-0.15, -0.1) is 23.0 Å². The van der Waals surface area contributed by atoms with Crippen LogP contribution in [0.15, 0.2) is 24.3 Å². The topological polar surface area (TPSA) is 37.3 Å². The number of hydrogen-bond acceptors (Lipinski definition) is 1. The third-order valence-electron chi connectivity index (χ3n) is 2.21. The summed E-state index contributed by atoms with van der Waals surface area (Å²) in [7, 11) is 0. The molecule has 1 radical (unpaired) electrons. The van der Waals surface area contributed by atoms with Crippen LogP contribution in [0.2, 0.25) is 10.6 Å². The molecule has 1 aromatic carbocycles. The summed E-state index contributed by atoms with van der Waals surface area (Å²) < 4.78 is 0. The largest absolute Gasteiger partial charge is 0.478 e. The van der Waals surface area contributed by atoms with Crippen LogP contribution in [0.3, 0.4) is 0 Å². The lowest BCUT2D eigenvalue weighted by Gasteiger charge is -2.00. The van der Waals surface area contributed by atoms with Crippen LogP contribution in [0.25, 0.3) is 0 Å². The fourth-order valence-electron chi connectivity index (χ4n) is 1.33. The van der Waals surface area contributed by atoms with Gasteiger partial charge in [0.2, 0.25) is 0 Å². The number of carboxylic acid groups (broad SMARTS) is 1. The molecule has 95 valence electrons. The van der Waals surface area contributed by atoms with Crippen LogP contribution in [-0.2, 0) is 6.42 Å². The third kappa shape index (κ3) is 8.26. The first-order chi connectivity index (χ1) is 7.67. The lowest BCUT2D eigenvalue weighted by molar-refractivity contribution is 0.0695. The van der Waals surface area contributed by atoms with Crippen LogP contribution < -0.4 is 0 Å². The number of carboxylic acids is 1. The molecule has 0 fully saturated rings. The summed E-state index contributed by atoms with van der Waals surface area (Å²) in [4.78, 5) is 10.6. The van der Waals surface area contributed by atoms with Crippen molar-refractivity contribution in [3.05, 3.63) is 35.4 Å². The first-order valence-electron chi connectivity index (χ1n) is 5.80. The van der Waals surface area contributed by atoms with Gasteiger partial charge in [0.15, 0.2) is 15.2 Å². The molecule has 0 saturated heterocycles. The van der Waals surface area contributed by atoms with Gasteiger partial charge in [0, 0.05) is 0 Å². The summed E-state index contributed by atoms with van der Waals surface area (Å²) in [6.07, 6.45) is 0.766. The van der Waals surface area contributed by atoms with Crippen LogP contribution >= 0.6 is 12.4 Å². The molecule has 0 aromatic heterocycles. The Labute approximate surface area is 117 Å². The second-order valence-electron chi connectivity index (χ2n) is 3.42. The number of hydrogen-bond donors (Lipinski definition) is 1. The highest BCUT2D eigenvalue weighted by atomic mass is 35.5. The van der Waals surface area contributed by atoms with Crippen LogP contribution in [0.4, 0.5) is 0 Å². The molecule has 4 heteroatoms. The lowest BCUT2D eigenvalue weighted by Crippen LogP contribution is -2.00. The number of rotatable bonds is 4. The molecule has 17 heavy (non-hydrogen) atoms. The van der Waals surface area contributed by atoms with Gasteiger partial charge in [-0.2, -0.15) is 0 Å². The van der Waals surface area contributed by atoms with Crippen molar-refractivity contribution >= 4 is 33.6 Å². The number of carbonyl (C=O) groups is 1. The predicted octanol–water partition coefficient (Wildman–Crippen LogP) is 3.94. The first-order valence-corrected chi connectivity index (χ1v) is 7.43. The summed E-state index contributed by atoms with van der Waals surface area (Å²) in [6.45, 7) is 6.44. The predicted molar refractivity (Wildman–Crippen MR) is 76.7 cm³/mol. The molecule has 1 rings (SSSR count). The minimum atomic E-state index is -0.845. The van der Waals surface area contributed by atoms with Crippen molar-refractivity contribution in [3.63, 3.8) is 0 Å². The Hall–Kier alpha value is -0.488. The van der Waals surface area contributed by atoms with Gasteiger partial charge in [-0.05, 0) is 18.1 Å². The maximum Gasteiger partial charge on any atom is 0.335 e. The van der Waals surface area contributed by atoms with Crippen molar-refractivity contribution in [1.82, 2.24) is 0 Å². The Balaban J connectivity index is 0. The highest BCUT2D eigenvalue weighted by Gasteiger charge is 2.05. The normalized spacial score (nSPS) is 8.41. The smallest absolute Gasteiger partial charge is 0.335 e. The lowest BCUT2D eigenvalue weighted by atomic mass is 10.1. The third-order valence-corrected chi connectivity index (χ3v) is 3.36. The van der Waals surface area contributed by atoms with Gasteiger partial charge in [0.1, 0.15) is 0 Å². The zero-order chi connectivity index (χ0) is 12.4. The average molecular weight is 272 g/mol. The van der Waals surface area contributed by atoms with E-state index >= 15 is 0 Å². The summed E-state index contributed by atoms with van der Waals surface area (Å²) in [5, 5.41) is 11.6. The molecule has 0 saturated carbocycles. The Morgan fingerprint density at radius 1 is 1.18 bits per heavy atom. The molecule has 0 atom stereocenters. The van der Waals surface area contributed by atoms with Gasteiger partial charge in [0.25, 0.3) is 0 Å². The van der Waals surface area contributed by atoms with Crippen molar-refractivity contribution in [2.75, 3.05) is 0 Å². The Kier molecular flexibility index (Phi) is 13.3. The summed E-state index contributed by atoms with van der Waals surface area (Å²) in [5.74, 6) is -0.845. The Bertz CT molecular complexity index is 314. The van der Waals surface area contributed by atoms with E-state index in [4.69, 9.17) is 5.11 Å². The van der Waals surface area contributed by atoms with Gasteiger partial charge in [-0.3, -0.25) is 0 Å². The van der Waals surface area contributed by atoms with Crippen molar-refractivity contribution < 1.29 is 9.90 Å². The van der Waals surface area contributed by atoms with Gasteiger partial charge >= 0.3 is 5.97 Å². The monoisotopic (exact) mass is 271 g/mol. The Morgan fingerprint density at radius 3 is 2.00 bits per heavy atom. The fraction of sp³-hybridized carbons (Fsp3) is 0.462. The molecule has 2 nitrogen and oxygen atoms in total. The maximum atomic E-state index is 10.6. The quantitative estimate of drug-likeness (QED) is 0.843. The zero-order valence-corrected chi connectivity index (χ0v) is 12.7. The molecular formula is C13H21AlClO2. The molecule has 0 aliphatic rings. The molecule has 0 heterocycles. The van der Waals surface area contributed by atoms with E-state index in [9.17, 15) is 4.79 Å². The average Bonchev–Trinajstić information content (AvgIpc) is 2.31. The van der Waals surface area contributed by atoms with Crippen molar-refractivity contribution in [1.29, 1.82) is 0 Å². The molecule has 1 aromatic rings. The maximum absolute atomic E-state index is 10.6. The van der Waals surface area contributed by atoms with Crippen LogP contribution in [0.1, 0.15) is 36.7 Å². The van der Waals surface area contributed by atoms with E-state index in [2.05, 4.69) is 13.8 Å². The SMILES string of the molecule is CCc1ccccc1C(=O)O.C[CH2][Al][CH2]C.Cl. The number of benzene rings is 1. The van der Waals surface area contributed by atoms with Gasteiger partial charge in [-0.1, -0.05) is 39.0 Å². The van der Waals surface area contributed by atoms with E-state index in [0.717, 1.165) is 27.2 Å². The van der Waals surface area contributed by atoms with Gasteiger partial charge in [-0.25, -0.2) is 4.79 Å². The van der Waals surface area contributed by atoms with Crippen LogP contribution in [0, 0.1) is 0 Å². The van der Waals surface area contributed by atoms with Gasteiger partial charge < -0.3 is 5.11 Å². The molecule has 0 aliphatic carbocycles. The number of halogens is 1. The number of aromatic carboxylic acids is 1. The summed E-state index contributed by atoms with van der Waals surface area (Å²) >= 11 is 0.815. The molecule has 0 unspecified atom stereocenters. The minimum Gasteiger partial charge on any atom is -0.478 e. The standard InChI is InChI=1S/C9H10O2.2C2H5.Al.ClH/c1-2-7-5-3-4-6-8(7)9(10)11;2*1-2;;/h3-6H,2H2,1H3,(H,10,11);2*1H2,2H3;;1H. The molecule has 0 spiro atoms. The molecule has 0 amide bonds. The number of aryl methyl sites for hydroxylation is 1.